The molecule has 0 aliphatic rings. The first-order valence-corrected chi connectivity index (χ1v) is 18.2. The molecule has 9 aromatic rings. The molecule has 0 saturated heterocycles. The number of hydrogen-bond donors (Lipinski definition) is 2. The third kappa shape index (κ3) is 6.54. The normalized spacial score (nSPS) is 11.6. The fourth-order valence-electron chi connectivity index (χ4n) is 7.29. The minimum absolute atomic E-state index is 0.397. The summed E-state index contributed by atoms with van der Waals surface area (Å²) in [5.41, 5.74) is 13.8. The van der Waals surface area contributed by atoms with E-state index in [4.69, 9.17) is 14.8 Å². The summed E-state index contributed by atoms with van der Waals surface area (Å²) in [7, 11) is 0. The lowest BCUT2D eigenvalue weighted by molar-refractivity contribution is 0.670. The molecule has 9 rings (SSSR count). The average molecular weight is 707 g/mol. The summed E-state index contributed by atoms with van der Waals surface area (Å²) in [6, 6.07) is 61.6. The summed E-state index contributed by atoms with van der Waals surface area (Å²) in [5.74, 6) is 0.720. The number of nitrogens with zero attached hydrogens (tertiary/aromatic N) is 2. The molecule has 0 bridgehead atoms. The Hall–Kier alpha value is -7.55. The van der Waals surface area contributed by atoms with Gasteiger partial charge in [-0.3, -0.25) is 0 Å². The molecule has 7 aromatic carbocycles. The zero-order chi connectivity index (χ0) is 37.1. The lowest BCUT2D eigenvalue weighted by Gasteiger charge is -2.19. The second-order valence-electron chi connectivity index (χ2n) is 13.5. The Bertz CT molecular complexity index is 2870. The Morgan fingerprint density at radius 3 is 1.89 bits per heavy atom. The molecule has 0 spiro atoms. The van der Waals surface area contributed by atoms with E-state index in [9.17, 15) is 5.26 Å². The van der Waals surface area contributed by atoms with Gasteiger partial charge in [-0.2, -0.15) is 5.26 Å². The summed E-state index contributed by atoms with van der Waals surface area (Å²) in [6.07, 6.45) is 3.33. The maximum atomic E-state index is 9.26. The lowest BCUT2D eigenvalue weighted by Crippen LogP contribution is -2.13. The molecule has 2 N–H and O–H groups in total. The number of anilines is 1. The molecule has 5 heteroatoms. The van der Waals surface area contributed by atoms with Crippen LogP contribution < -0.4 is 5.32 Å². The monoisotopic (exact) mass is 706 g/mol. The topological polar surface area (TPSA) is 85.7 Å². The highest BCUT2D eigenvalue weighted by molar-refractivity contribution is 6.10. The molecule has 5 nitrogen and oxygen atoms in total. The van der Waals surface area contributed by atoms with E-state index in [0.29, 0.717) is 5.56 Å². The zero-order valence-corrected chi connectivity index (χ0v) is 29.8. The van der Waals surface area contributed by atoms with Crippen molar-refractivity contribution in [3.63, 3.8) is 0 Å². The maximum Gasteiger partial charge on any atom is 0.143 e. The minimum atomic E-state index is -0.397. The van der Waals surface area contributed by atoms with Crippen molar-refractivity contribution in [1.29, 1.82) is 10.7 Å². The van der Waals surface area contributed by atoms with E-state index in [-0.39, 0.29) is 0 Å². The molecule has 2 heterocycles. The van der Waals surface area contributed by atoms with Crippen LogP contribution in [0.1, 0.15) is 17.2 Å². The molecule has 0 aliphatic carbocycles. The van der Waals surface area contributed by atoms with Crippen molar-refractivity contribution in [2.24, 2.45) is 0 Å². The van der Waals surface area contributed by atoms with Crippen LogP contribution in [-0.4, -0.2) is 11.2 Å². The van der Waals surface area contributed by atoms with Gasteiger partial charge >= 0.3 is 0 Å². The van der Waals surface area contributed by atoms with Gasteiger partial charge in [0, 0.05) is 39.9 Å². The third-order valence-electron chi connectivity index (χ3n) is 10.1. The maximum absolute atomic E-state index is 9.26. The van der Waals surface area contributed by atoms with E-state index in [1.165, 1.54) is 6.21 Å². The number of benzene rings is 7. The van der Waals surface area contributed by atoms with E-state index in [0.717, 1.165) is 89.0 Å². The highest BCUT2D eigenvalue weighted by Crippen LogP contribution is 2.39. The second-order valence-corrected chi connectivity index (χ2v) is 13.5. The Morgan fingerprint density at radius 2 is 1.16 bits per heavy atom. The molecule has 2 aromatic heterocycles. The molecule has 0 radical (unpaired) electrons. The number of aromatic nitrogens is 1. The van der Waals surface area contributed by atoms with E-state index < -0.39 is 6.04 Å². The number of nitriles is 1. The van der Waals surface area contributed by atoms with Crippen LogP contribution in [0.3, 0.4) is 0 Å². The Morgan fingerprint density at radius 1 is 0.545 bits per heavy atom. The molecule has 1 atom stereocenters. The highest BCUT2D eigenvalue weighted by Gasteiger charge is 2.17. The Kier molecular flexibility index (Phi) is 8.76. The van der Waals surface area contributed by atoms with Gasteiger partial charge in [0.2, 0.25) is 0 Å². The van der Waals surface area contributed by atoms with Gasteiger partial charge < -0.3 is 15.1 Å². The van der Waals surface area contributed by atoms with Crippen LogP contribution in [0.2, 0.25) is 0 Å². The molecule has 0 saturated carbocycles. The van der Waals surface area contributed by atoms with Crippen molar-refractivity contribution in [3.05, 3.63) is 193 Å². The summed E-state index contributed by atoms with van der Waals surface area (Å²) >= 11 is 0. The van der Waals surface area contributed by atoms with Gasteiger partial charge in [-0.05, 0) is 87.0 Å². The van der Waals surface area contributed by atoms with Gasteiger partial charge in [0.25, 0.3) is 0 Å². The van der Waals surface area contributed by atoms with E-state index >= 15 is 0 Å². The number of hydrogen-bond acceptors (Lipinski definition) is 5. The molecule has 0 fully saturated rings. The summed E-state index contributed by atoms with van der Waals surface area (Å²) < 4.78 is 6.43. The SMILES string of the molecule is N#Cc1ccc(-c2cccc3c2oc2ccc(-c4cccc(-c5cccc(C(C=N)Nc6ncc(-c7ccccc7)cc6-c6ccccc6)c5)c4)cc23)cc1. The fourth-order valence-corrected chi connectivity index (χ4v) is 7.29. The van der Waals surface area contributed by atoms with Gasteiger partial charge in [0.1, 0.15) is 17.0 Å². The molecular weight excluding hydrogens is 673 g/mol. The van der Waals surface area contributed by atoms with Gasteiger partial charge in [-0.25, -0.2) is 4.98 Å². The van der Waals surface area contributed by atoms with Crippen molar-refractivity contribution in [2.45, 2.75) is 6.04 Å². The predicted octanol–water partition coefficient (Wildman–Crippen LogP) is 13.0. The van der Waals surface area contributed by atoms with Crippen LogP contribution in [0.4, 0.5) is 5.82 Å². The number of fused-ring (bicyclic) bond motifs is 3. The second kappa shape index (κ2) is 14.5. The number of para-hydroxylation sites is 1. The Labute approximate surface area is 319 Å². The van der Waals surface area contributed by atoms with Crippen molar-refractivity contribution < 1.29 is 4.42 Å². The van der Waals surface area contributed by atoms with Gasteiger partial charge in [0.05, 0.1) is 17.7 Å². The smallest absolute Gasteiger partial charge is 0.143 e. The van der Waals surface area contributed by atoms with Gasteiger partial charge in [-0.1, -0.05) is 133 Å². The van der Waals surface area contributed by atoms with Gasteiger partial charge in [-0.15, -0.1) is 0 Å². The van der Waals surface area contributed by atoms with Crippen molar-refractivity contribution in [1.82, 2.24) is 4.98 Å². The van der Waals surface area contributed by atoms with Crippen molar-refractivity contribution >= 4 is 34.0 Å². The molecule has 0 aliphatic heterocycles. The molecule has 260 valence electrons. The van der Waals surface area contributed by atoms with Crippen molar-refractivity contribution in [2.75, 3.05) is 5.32 Å². The van der Waals surface area contributed by atoms with E-state index in [2.05, 4.69) is 121 Å². The predicted molar refractivity (Wildman–Crippen MR) is 225 cm³/mol. The third-order valence-corrected chi connectivity index (χ3v) is 10.1. The van der Waals surface area contributed by atoms with Gasteiger partial charge in [0.15, 0.2) is 0 Å². The van der Waals surface area contributed by atoms with Crippen LogP contribution in [0.5, 0.6) is 0 Å². The first-order chi connectivity index (χ1) is 27.1. The minimum Gasteiger partial charge on any atom is -0.455 e. The van der Waals surface area contributed by atoms with E-state index in [1.807, 2.05) is 72.9 Å². The quantitative estimate of drug-likeness (QED) is 0.146. The van der Waals surface area contributed by atoms with Crippen molar-refractivity contribution in [3.8, 4) is 61.7 Å². The van der Waals surface area contributed by atoms with Crippen LogP contribution in [-0.2, 0) is 0 Å². The van der Waals surface area contributed by atoms with Crippen LogP contribution in [0, 0.1) is 16.7 Å². The largest absolute Gasteiger partial charge is 0.455 e. The first kappa shape index (κ1) is 33.3. The number of rotatable bonds is 9. The lowest BCUT2D eigenvalue weighted by atomic mass is 9.95. The zero-order valence-electron chi connectivity index (χ0n) is 29.8. The number of nitrogens with one attached hydrogen (secondary N) is 2. The first-order valence-electron chi connectivity index (χ1n) is 18.2. The summed E-state index contributed by atoms with van der Waals surface area (Å²) in [4.78, 5) is 4.90. The van der Waals surface area contributed by atoms with E-state index in [1.54, 1.807) is 0 Å². The van der Waals surface area contributed by atoms with Crippen LogP contribution in [0.15, 0.2) is 187 Å². The standard InChI is InChI=1S/C50H34N4O/c51-30-33-20-22-36(23-21-33)43-18-9-19-44-46-28-40(24-25-48(46)55-49(43)44)38-15-7-14-37(26-38)39-16-8-17-41(27-39)47(31-52)54-50-45(35-12-5-2-6-13-35)29-42(32-53-50)34-10-3-1-4-11-34/h1-29,31-32,47,52H,(H,53,54). The molecular formula is C50H34N4O. The summed E-state index contributed by atoms with van der Waals surface area (Å²) in [5, 5.41) is 23.4. The molecule has 0 amide bonds. The number of furan rings is 1. The molecule has 1 unspecified atom stereocenters. The summed E-state index contributed by atoms with van der Waals surface area (Å²) in [6.45, 7) is 0. The van der Waals surface area contributed by atoms with Crippen LogP contribution >= 0.6 is 0 Å². The average Bonchev–Trinajstić information content (AvgIpc) is 3.65. The molecule has 55 heavy (non-hydrogen) atoms. The Balaban J connectivity index is 1.03. The van der Waals surface area contributed by atoms with Crippen LogP contribution in [0.25, 0.3) is 77.6 Å². The fraction of sp³-hybridized carbons (Fsp3) is 0.0200. The highest BCUT2D eigenvalue weighted by atomic mass is 16.3. The number of pyridine rings is 1.